The van der Waals surface area contributed by atoms with Crippen LogP contribution >= 0.6 is 11.3 Å². The fraction of sp³-hybridized carbons (Fsp3) is 0.389. The summed E-state index contributed by atoms with van der Waals surface area (Å²) in [7, 11) is 3.95. The highest BCUT2D eigenvalue weighted by Gasteiger charge is 2.27. The highest BCUT2D eigenvalue weighted by Crippen LogP contribution is 2.34. The summed E-state index contributed by atoms with van der Waals surface area (Å²) in [5.41, 5.74) is 2.82. The number of hydrogen-bond donors (Lipinski definition) is 0. The summed E-state index contributed by atoms with van der Waals surface area (Å²) in [6.07, 6.45) is 2.22. The second kappa shape index (κ2) is 6.63. The van der Waals surface area contributed by atoms with Crippen molar-refractivity contribution < 1.29 is 4.79 Å². The van der Waals surface area contributed by atoms with E-state index >= 15 is 0 Å². The molecule has 0 aliphatic heterocycles. The van der Waals surface area contributed by atoms with Crippen molar-refractivity contribution in [2.45, 2.75) is 25.4 Å². The van der Waals surface area contributed by atoms with Gasteiger partial charge in [-0.15, -0.1) is 11.3 Å². The van der Waals surface area contributed by atoms with Gasteiger partial charge in [0.15, 0.2) is 0 Å². The molecule has 0 spiro atoms. The van der Waals surface area contributed by atoms with Gasteiger partial charge in [0.2, 0.25) is 5.91 Å². The summed E-state index contributed by atoms with van der Waals surface area (Å²) in [5, 5.41) is 2.05. The van der Waals surface area contributed by atoms with Crippen molar-refractivity contribution in [3.63, 3.8) is 0 Å². The number of benzene rings is 1. The third kappa shape index (κ3) is 3.23. The van der Waals surface area contributed by atoms with Gasteiger partial charge in [0.1, 0.15) is 0 Å². The second-order valence-electron chi connectivity index (χ2n) is 6.00. The summed E-state index contributed by atoms with van der Waals surface area (Å²) < 4.78 is 0. The third-order valence-electron chi connectivity index (χ3n) is 4.42. The van der Waals surface area contributed by atoms with E-state index in [9.17, 15) is 4.79 Å². The first-order valence-electron chi connectivity index (χ1n) is 7.69. The Hall–Kier alpha value is -1.65. The first-order chi connectivity index (χ1) is 10.6. The quantitative estimate of drug-likeness (QED) is 0.845. The van der Waals surface area contributed by atoms with Gasteiger partial charge in [-0.2, -0.15) is 0 Å². The molecule has 0 unspecified atom stereocenters. The van der Waals surface area contributed by atoms with E-state index < -0.39 is 0 Å². The number of likely N-dealkylation sites (N-methyl/N-ethyl adjacent to an activating group) is 2. The van der Waals surface area contributed by atoms with Crippen molar-refractivity contribution in [3.05, 3.63) is 57.8 Å². The molecule has 1 aromatic heterocycles. The van der Waals surface area contributed by atoms with E-state index in [1.807, 2.05) is 18.0 Å². The topological polar surface area (TPSA) is 23.6 Å². The molecule has 1 heterocycles. The second-order valence-corrected chi connectivity index (χ2v) is 7.03. The van der Waals surface area contributed by atoms with Crippen LogP contribution in [0.2, 0.25) is 0 Å². The van der Waals surface area contributed by atoms with Crippen molar-refractivity contribution in [1.29, 1.82) is 0 Å². The number of carbonyl (C=O) groups excluding carboxylic acids is 1. The molecule has 116 valence electrons. The van der Waals surface area contributed by atoms with Crippen molar-refractivity contribution >= 4 is 17.2 Å². The van der Waals surface area contributed by atoms with E-state index in [1.165, 1.54) is 16.0 Å². The number of amides is 1. The number of carbonyl (C=O) groups is 1. The molecule has 0 saturated carbocycles. The molecular weight excluding hydrogens is 292 g/mol. The highest BCUT2D eigenvalue weighted by molar-refractivity contribution is 7.09. The molecule has 0 fully saturated rings. The average molecular weight is 314 g/mol. The number of hydrogen-bond acceptors (Lipinski definition) is 3. The van der Waals surface area contributed by atoms with Crippen LogP contribution in [0.25, 0.3) is 0 Å². The predicted octanol–water partition coefficient (Wildman–Crippen LogP) is 3.33. The number of thiophene rings is 1. The van der Waals surface area contributed by atoms with Crippen molar-refractivity contribution in [2.24, 2.45) is 0 Å². The minimum absolute atomic E-state index is 0.181. The van der Waals surface area contributed by atoms with Gasteiger partial charge >= 0.3 is 0 Å². The van der Waals surface area contributed by atoms with E-state index in [-0.39, 0.29) is 5.91 Å². The summed E-state index contributed by atoms with van der Waals surface area (Å²) in [6, 6.07) is 13.1. The molecule has 1 atom stereocenters. The molecule has 1 aromatic carbocycles. The van der Waals surface area contributed by atoms with Crippen LogP contribution in [0, 0.1) is 0 Å². The zero-order chi connectivity index (χ0) is 15.5. The van der Waals surface area contributed by atoms with E-state index in [0.717, 1.165) is 12.8 Å². The Morgan fingerprint density at radius 3 is 2.82 bits per heavy atom. The summed E-state index contributed by atoms with van der Waals surface area (Å²) in [5.74, 6) is 0.181. The summed E-state index contributed by atoms with van der Waals surface area (Å²) in [4.78, 5) is 17.7. The lowest BCUT2D eigenvalue weighted by Gasteiger charge is -2.27. The molecule has 1 aliphatic rings. The lowest BCUT2D eigenvalue weighted by Crippen LogP contribution is -2.37. The maximum absolute atomic E-state index is 12.4. The van der Waals surface area contributed by atoms with Crippen LogP contribution in [-0.4, -0.2) is 36.3 Å². The Bertz CT molecular complexity index is 638. The van der Waals surface area contributed by atoms with E-state index in [2.05, 4.69) is 47.7 Å². The molecule has 22 heavy (non-hydrogen) atoms. The first kappa shape index (κ1) is 15.3. The van der Waals surface area contributed by atoms with Crippen LogP contribution in [-0.2, 0) is 17.8 Å². The minimum Gasteiger partial charge on any atom is -0.340 e. The van der Waals surface area contributed by atoms with E-state index in [1.54, 1.807) is 11.3 Å². The standard InChI is InChI=1S/C18H22N2OS/c1-19(17-10-9-14-6-3-4-8-16(14)17)13-18(21)20(2)12-15-7-5-11-22-15/h3-8,11,17H,9-10,12-13H2,1-2H3/t17-/m0/s1. The normalized spacial score (nSPS) is 16.8. The molecule has 0 bridgehead atoms. The molecule has 1 amide bonds. The van der Waals surface area contributed by atoms with Gasteiger partial charge in [0.05, 0.1) is 13.1 Å². The lowest BCUT2D eigenvalue weighted by molar-refractivity contribution is -0.131. The predicted molar refractivity (Wildman–Crippen MR) is 90.9 cm³/mol. The Morgan fingerprint density at radius 1 is 1.23 bits per heavy atom. The first-order valence-corrected chi connectivity index (χ1v) is 8.57. The molecule has 0 N–H and O–H groups in total. The van der Waals surface area contributed by atoms with Gasteiger partial charge < -0.3 is 4.90 Å². The Morgan fingerprint density at radius 2 is 2.05 bits per heavy atom. The number of aryl methyl sites for hydroxylation is 1. The number of fused-ring (bicyclic) bond motifs is 1. The molecule has 1 aliphatic carbocycles. The number of nitrogens with zero attached hydrogens (tertiary/aromatic N) is 2. The third-order valence-corrected chi connectivity index (χ3v) is 5.28. The number of rotatable bonds is 5. The van der Waals surface area contributed by atoms with Gasteiger partial charge in [-0.25, -0.2) is 0 Å². The summed E-state index contributed by atoms with van der Waals surface area (Å²) in [6.45, 7) is 1.17. The zero-order valence-corrected chi connectivity index (χ0v) is 14.0. The Kier molecular flexibility index (Phi) is 4.60. The SMILES string of the molecule is CN(Cc1cccs1)C(=O)CN(C)[C@H]1CCc2ccccc21. The van der Waals surface area contributed by atoms with Crippen LogP contribution in [0.3, 0.4) is 0 Å². The largest absolute Gasteiger partial charge is 0.340 e. The van der Waals surface area contributed by atoms with Gasteiger partial charge in [0.25, 0.3) is 0 Å². The maximum atomic E-state index is 12.4. The monoisotopic (exact) mass is 314 g/mol. The molecule has 2 aromatic rings. The molecular formula is C18H22N2OS. The van der Waals surface area contributed by atoms with Crippen LogP contribution < -0.4 is 0 Å². The van der Waals surface area contributed by atoms with Gasteiger partial charge in [-0.05, 0) is 42.5 Å². The lowest BCUT2D eigenvalue weighted by atomic mass is 10.1. The zero-order valence-electron chi connectivity index (χ0n) is 13.2. The fourth-order valence-corrected chi connectivity index (χ4v) is 3.92. The Balaban J connectivity index is 1.60. The molecule has 4 heteroatoms. The smallest absolute Gasteiger partial charge is 0.236 e. The summed E-state index contributed by atoms with van der Waals surface area (Å²) >= 11 is 1.70. The molecule has 3 nitrogen and oxygen atoms in total. The van der Waals surface area contributed by atoms with Gasteiger partial charge in [0, 0.05) is 18.0 Å². The van der Waals surface area contributed by atoms with Gasteiger partial charge in [-0.3, -0.25) is 9.69 Å². The molecule has 3 rings (SSSR count). The van der Waals surface area contributed by atoms with Crippen LogP contribution in [0.1, 0.15) is 28.5 Å². The fourth-order valence-electron chi connectivity index (χ4n) is 3.16. The maximum Gasteiger partial charge on any atom is 0.236 e. The van der Waals surface area contributed by atoms with E-state index in [4.69, 9.17) is 0 Å². The van der Waals surface area contributed by atoms with Crippen molar-refractivity contribution in [1.82, 2.24) is 9.80 Å². The van der Waals surface area contributed by atoms with Crippen molar-refractivity contribution in [2.75, 3.05) is 20.6 Å². The van der Waals surface area contributed by atoms with Gasteiger partial charge in [-0.1, -0.05) is 30.3 Å². The Labute approximate surface area is 136 Å². The van der Waals surface area contributed by atoms with Crippen LogP contribution in [0.4, 0.5) is 0 Å². The average Bonchev–Trinajstić information content (AvgIpc) is 3.15. The van der Waals surface area contributed by atoms with Crippen LogP contribution in [0.15, 0.2) is 41.8 Å². The molecule has 0 radical (unpaired) electrons. The minimum atomic E-state index is 0.181. The molecule has 0 saturated heterocycles. The van der Waals surface area contributed by atoms with Crippen LogP contribution in [0.5, 0.6) is 0 Å². The highest BCUT2D eigenvalue weighted by atomic mass is 32.1. The van der Waals surface area contributed by atoms with Crippen molar-refractivity contribution in [3.8, 4) is 0 Å². The van der Waals surface area contributed by atoms with E-state index in [0.29, 0.717) is 19.1 Å².